The summed E-state index contributed by atoms with van der Waals surface area (Å²) >= 11 is 6.02. The smallest absolute Gasteiger partial charge is 0.127 e. The lowest BCUT2D eigenvalue weighted by atomic mass is 10.0. The van der Waals surface area contributed by atoms with E-state index >= 15 is 0 Å². The molecule has 32 heavy (non-hydrogen) atoms. The predicted molar refractivity (Wildman–Crippen MR) is 131 cm³/mol. The highest BCUT2D eigenvalue weighted by molar-refractivity contribution is 6.30. The maximum absolute atomic E-state index is 6.22. The van der Waals surface area contributed by atoms with Crippen LogP contribution in [-0.2, 0) is 11.3 Å². The first kappa shape index (κ1) is 21.7. The van der Waals surface area contributed by atoms with Crippen LogP contribution in [0.3, 0.4) is 0 Å². The molecule has 3 aromatic carbocycles. The van der Waals surface area contributed by atoms with Gasteiger partial charge in [-0.25, -0.2) is 0 Å². The van der Waals surface area contributed by atoms with Crippen LogP contribution in [-0.4, -0.2) is 61.3 Å². The summed E-state index contributed by atoms with van der Waals surface area (Å²) in [6, 6.07) is 23.5. The Morgan fingerprint density at radius 1 is 0.906 bits per heavy atom. The van der Waals surface area contributed by atoms with Crippen LogP contribution in [0.5, 0.6) is 5.75 Å². The molecule has 2 fully saturated rings. The minimum Gasteiger partial charge on any atom is -0.490 e. The molecule has 2 aliphatic rings. The Labute approximate surface area is 195 Å². The summed E-state index contributed by atoms with van der Waals surface area (Å²) < 4.78 is 12.3. The lowest BCUT2D eigenvalue weighted by Gasteiger charge is -2.42. The first-order chi connectivity index (χ1) is 15.7. The molecule has 0 amide bonds. The van der Waals surface area contributed by atoms with Gasteiger partial charge in [0, 0.05) is 36.1 Å². The van der Waals surface area contributed by atoms with Crippen molar-refractivity contribution in [3.05, 3.63) is 77.3 Å². The van der Waals surface area contributed by atoms with Gasteiger partial charge >= 0.3 is 0 Å². The van der Waals surface area contributed by atoms with Crippen molar-refractivity contribution in [2.24, 2.45) is 0 Å². The van der Waals surface area contributed by atoms with E-state index in [9.17, 15) is 0 Å². The van der Waals surface area contributed by atoms with Gasteiger partial charge < -0.3 is 9.47 Å². The molecule has 2 aliphatic heterocycles. The maximum atomic E-state index is 6.22. The normalized spacial score (nSPS) is 21.1. The number of ether oxygens (including phenoxy) is 2. The van der Waals surface area contributed by atoms with Crippen molar-refractivity contribution < 1.29 is 9.47 Å². The van der Waals surface area contributed by atoms with Crippen molar-refractivity contribution in [3.8, 4) is 5.75 Å². The molecule has 1 atom stereocenters. The zero-order valence-corrected chi connectivity index (χ0v) is 19.2. The van der Waals surface area contributed by atoms with Crippen molar-refractivity contribution in [2.45, 2.75) is 31.5 Å². The van der Waals surface area contributed by atoms with E-state index in [1.54, 1.807) is 0 Å². The molecular weight excluding hydrogens is 420 g/mol. The Bertz CT molecular complexity index is 1010. The molecule has 5 rings (SSSR count). The minimum atomic E-state index is 0.120. The number of likely N-dealkylation sites (tertiary alicyclic amines) is 1. The fraction of sp³-hybridized carbons (Fsp3) is 0.407. The highest BCUT2D eigenvalue weighted by atomic mass is 35.5. The number of piperidine rings is 1. The molecule has 0 aromatic heterocycles. The minimum absolute atomic E-state index is 0.120. The number of fused-ring (bicyclic) bond motifs is 1. The van der Waals surface area contributed by atoms with Crippen LogP contribution in [0, 0.1) is 0 Å². The van der Waals surface area contributed by atoms with Gasteiger partial charge in [0.1, 0.15) is 18.5 Å². The van der Waals surface area contributed by atoms with E-state index < -0.39 is 0 Å². The SMILES string of the molecule is Clc1ccc(CN2CCC(N3CCOC(COc4cccc5ccccc45)C3)CC2)cc1. The predicted octanol–water partition coefficient (Wildman–Crippen LogP) is 5.24. The number of nitrogens with zero attached hydrogens (tertiary/aromatic N) is 2. The standard InChI is InChI=1S/C27H31ClN2O2/c28-23-10-8-21(9-11-23)18-29-14-12-24(13-15-29)30-16-17-31-25(19-30)20-32-27-7-3-5-22-4-1-2-6-26(22)27/h1-11,24-25H,12-20H2. The van der Waals surface area contributed by atoms with Gasteiger partial charge in [0.25, 0.3) is 0 Å². The summed E-state index contributed by atoms with van der Waals surface area (Å²) in [5.41, 5.74) is 1.34. The van der Waals surface area contributed by atoms with E-state index in [1.807, 2.05) is 12.1 Å². The Hall–Kier alpha value is -2.11. The van der Waals surface area contributed by atoms with Crippen LogP contribution in [0.25, 0.3) is 10.8 Å². The van der Waals surface area contributed by atoms with Crippen molar-refractivity contribution in [1.29, 1.82) is 0 Å². The Morgan fingerprint density at radius 2 is 1.69 bits per heavy atom. The van der Waals surface area contributed by atoms with Crippen LogP contribution < -0.4 is 4.74 Å². The largest absolute Gasteiger partial charge is 0.490 e. The van der Waals surface area contributed by atoms with Crippen LogP contribution in [0.15, 0.2) is 66.7 Å². The summed E-state index contributed by atoms with van der Waals surface area (Å²) in [6.45, 7) is 6.64. The summed E-state index contributed by atoms with van der Waals surface area (Å²) in [5, 5.41) is 3.18. The first-order valence-electron chi connectivity index (χ1n) is 11.7. The zero-order chi connectivity index (χ0) is 21.8. The average Bonchev–Trinajstić information content (AvgIpc) is 2.85. The second-order valence-electron chi connectivity index (χ2n) is 8.91. The van der Waals surface area contributed by atoms with Gasteiger partial charge in [-0.1, -0.05) is 60.1 Å². The lowest BCUT2D eigenvalue weighted by Crippen LogP contribution is -2.52. The zero-order valence-electron chi connectivity index (χ0n) is 18.5. The second kappa shape index (κ2) is 10.2. The van der Waals surface area contributed by atoms with E-state index in [0.717, 1.165) is 55.5 Å². The number of benzene rings is 3. The van der Waals surface area contributed by atoms with Gasteiger partial charge in [0.2, 0.25) is 0 Å². The van der Waals surface area contributed by atoms with E-state index in [0.29, 0.717) is 12.6 Å². The Balaban J connectivity index is 1.11. The molecule has 0 bridgehead atoms. The summed E-state index contributed by atoms with van der Waals surface area (Å²) in [6.07, 6.45) is 2.55. The highest BCUT2D eigenvalue weighted by Gasteiger charge is 2.29. The first-order valence-corrected chi connectivity index (χ1v) is 12.1. The van der Waals surface area contributed by atoms with E-state index in [-0.39, 0.29) is 6.10 Å². The molecule has 0 saturated carbocycles. The third-order valence-electron chi connectivity index (χ3n) is 6.74. The summed E-state index contributed by atoms with van der Waals surface area (Å²) in [7, 11) is 0. The number of halogens is 1. The molecule has 2 heterocycles. The van der Waals surface area contributed by atoms with Gasteiger partial charge in [-0.15, -0.1) is 0 Å². The molecule has 5 heteroatoms. The molecule has 4 nitrogen and oxygen atoms in total. The third kappa shape index (κ3) is 5.26. The van der Waals surface area contributed by atoms with Crippen LogP contribution >= 0.6 is 11.6 Å². The molecule has 2 saturated heterocycles. The Morgan fingerprint density at radius 3 is 2.53 bits per heavy atom. The fourth-order valence-electron chi connectivity index (χ4n) is 4.97. The molecular formula is C27H31ClN2O2. The van der Waals surface area contributed by atoms with Gasteiger partial charge in [0.15, 0.2) is 0 Å². The molecule has 0 N–H and O–H groups in total. The number of hydrogen-bond donors (Lipinski definition) is 0. The molecule has 168 valence electrons. The maximum Gasteiger partial charge on any atom is 0.127 e. The molecule has 0 aliphatic carbocycles. The second-order valence-corrected chi connectivity index (χ2v) is 9.35. The number of morpholine rings is 1. The third-order valence-corrected chi connectivity index (χ3v) is 6.99. The van der Waals surface area contributed by atoms with Gasteiger partial charge in [-0.2, -0.15) is 0 Å². The monoisotopic (exact) mass is 450 g/mol. The molecule has 0 spiro atoms. The molecule has 3 aromatic rings. The summed E-state index contributed by atoms with van der Waals surface area (Å²) in [5.74, 6) is 0.944. The van der Waals surface area contributed by atoms with E-state index in [2.05, 4.69) is 64.4 Å². The van der Waals surface area contributed by atoms with Crippen molar-refractivity contribution in [2.75, 3.05) is 39.4 Å². The fourth-order valence-corrected chi connectivity index (χ4v) is 5.10. The van der Waals surface area contributed by atoms with Gasteiger partial charge in [0.05, 0.1) is 6.61 Å². The Kier molecular flexibility index (Phi) is 6.94. The van der Waals surface area contributed by atoms with Gasteiger partial charge in [-0.05, 0) is 55.1 Å². The van der Waals surface area contributed by atoms with E-state index in [4.69, 9.17) is 21.1 Å². The molecule has 1 unspecified atom stereocenters. The number of hydrogen-bond acceptors (Lipinski definition) is 4. The quantitative estimate of drug-likeness (QED) is 0.513. The number of rotatable bonds is 6. The topological polar surface area (TPSA) is 24.9 Å². The van der Waals surface area contributed by atoms with Crippen molar-refractivity contribution >= 4 is 22.4 Å². The van der Waals surface area contributed by atoms with Crippen LogP contribution in [0.2, 0.25) is 5.02 Å². The lowest BCUT2D eigenvalue weighted by molar-refractivity contribution is -0.0672. The average molecular weight is 451 g/mol. The van der Waals surface area contributed by atoms with Gasteiger partial charge in [-0.3, -0.25) is 9.80 Å². The van der Waals surface area contributed by atoms with Crippen molar-refractivity contribution in [3.63, 3.8) is 0 Å². The summed E-state index contributed by atoms with van der Waals surface area (Å²) in [4.78, 5) is 5.18. The van der Waals surface area contributed by atoms with Crippen LogP contribution in [0.4, 0.5) is 0 Å². The van der Waals surface area contributed by atoms with E-state index in [1.165, 1.54) is 23.8 Å². The highest BCUT2D eigenvalue weighted by Crippen LogP contribution is 2.26. The molecule has 0 radical (unpaired) electrons. The van der Waals surface area contributed by atoms with Crippen LogP contribution in [0.1, 0.15) is 18.4 Å². The van der Waals surface area contributed by atoms with Crippen molar-refractivity contribution in [1.82, 2.24) is 9.80 Å².